The predicted octanol–water partition coefficient (Wildman–Crippen LogP) is 13.0. The summed E-state index contributed by atoms with van der Waals surface area (Å²) in [5, 5.41) is 10.2. The Kier molecular flexibility index (Phi) is 6.25. The zero-order chi connectivity index (χ0) is 30.5. The van der Waals surface area contributed by atoms with E-state index in [0.29, 0.717) is 0 Å². The molecule has 0 radical (unpaired) electrons. The van der Waals surface area contributed by atoms with Crippen LogP contribution < -0.4 is 0 Å². The van der Waals surface area contributed by atoms with Crippen LogP contribution in [0.15, 0.2) is 182 Å². The van der Waals surface area contributed by atoms with Crippen LogP contribution in [0.1, 0.15) is 0 Å². The Bertz CT molecular complexity index is 2550. The molecule has 0 unspecified atom stereocenters. The summed E-state index contributed by atoms with van der Waals surface area (Å²) in [5.74, 6) is 0. The van der Waals surface area contributed by atoms with E-state index in [1.54, 1.807) is 0 Å². The van der Waals surface area contributed by atoms with Gasteiger partial charge < -0.3 is 0 Å². The first-order valence-corrected chi connectivity index (χ1v) is 15.9. The van der Waals surface area contributed by atoms with E-state index in [9.17, 15) is 0 Å². The van der Waals surface area contributed by atoms with Crippen LogP contribution in [0.25, 0.3) is 87.6 Å². The van der Waals surface area contributed by atoms with Gasteiger partial charge in [-0.1, -0.05) is 158 Å². The van der Waals surface area contributed by atoms with Crippen molar-refractivity contribution in [1.82, 2.24) is 0 Å². The van der Waals surface area contributed by atoms with E-state index >= 15 is 0 Å². The predicted molar refractivity (Wildman–Crippen MR) is 198 cm³/mol. The van der Waals surface area contributed by atoms with Gasteiger partial charge in [-0.3, -0.25) is 0 Å². The second-order valence-corrected chi connectivity index (χ2v) is 12.2. The van der Waals surface area contributed by atoms with Crippen molar-refractivity contribution in [3.63, 3.8) is 0 Å². The SMILES string of the molecule is c1ccc(-c2cc3cc(-c4ccc(-c5cccc6ccccc56)cc4)ccc3c3ccc(-c4ccc5ccccc5c4)cc23)cc1. The summed E-state index contributed by atoms with van der Waals surface area (Å²) in [7, 11) is 0. The van der Waals surface area contributed by atoms with Crippen molar-refractivity contribution in [3.8, 4) is 44.5 Å². The highest BCUT2D eigenvalue weighted by atomic mass is 14.2. The summed E-state index contributed by atoms with van der Waals surface area (Å²) >= 11 is 0. The molecule has 0 aromatic heterocycles. The molecule has 0 aliphatic rings. The van der Waals surface area contributed by atoms with Gasteiger partial charge in [0, 0.05) is 0 Å². The summed E-state index contributed by atoms with van der Waals surface area (Å²) < 4.78 is 0. The van der Waals surface area contributed by atoms with Crippen molar-refractivity contribution in [1.29, 1.82) is 0 Å². The van der Waals surface area contributed by atoms with Gasteiger partial charge in [-0.05, 0) is 112 Å². The van der Waals surface area contributed by atoms with Gasteiger partial charge in [0.2, 0.25) is 0 Å². The maximum absolute atomic E-state index is 2.38. The molecule has 0 heterocycles. The zero-order valence-corrected chi connectivity index (χ0v) is 25.3. The van der Waals surface area contributed by atoms with Crippen molar-refractivity contribution in [2.24, 2.45) is 0 Å². The van der Waals surface area contributed by atoms with E-state index < -0.39 is 0 Å². The topological polar surface area (TPSA) is 0 Å². The second kappa shape index (κ2) is 10.9. The number of benzene rings is 9. The lowest BCUT2D eigenvalue weighted by molar-refractivity contribution is 1.62. The van der Waals surface area contributed by atoms with Crippen LogP contribution in [0, 0.1) is 0 Å². The minimum absolute atomic E-state index is 1.22. The number of hydrogen-bond acceptors (Lipinski definition) is 0. The third-order valence-electron chi connectivity index (χ3n) is 9.44. The van der Waals surface area contributed by atoms with Gasteiger partial charge in [0.25, 0.3) is 0 Å². The molecule has 0 heteroatoms. The monoisotopic (exact) mass is 582 g/mol. The van der Waals surface area contributed by atoms with Gasteiger partial charge >= 0.3 is 0 Å². The summed E-state index contributed by atoms with van der Waals surface area (Å²) in [6, 6.07) is 66.6. The van der Waals surface area contributed by atoms with Gasteiger partial charge in [0.15, 0.2) is 0 Å². The van der Waals surface area contributed by atoms with Crippen LogP contribution >= 0.6 is 0 Å². The minimum Gasteiger partial charge on any atom is -0.0622 e. The minimum atomic E-state index is 1.22. The molecule has 46 heavy (non-hydrogen) atoms. The third kappa shape index (κ3) is 4.55. The maximum atomic E-state index is 2.38. The molecule has 0 N–H and O–H groups in total. The molecule has 0 nitrogen and oxygen atoms in total. The van der Waals surface area contributed by atoms with Crippen molar-refractivity contribution in [3.05, 3.63) is 182 Å². The molecule has 0 fully saturated rings. The van der Waals surface area contributed by atoms with E-state index in [0.717, 1.165) is 0 Å². The number of fused-ring (bicyclic) bond motifs is 5. The van der Waals surface area contributed by atoms with E-state index in [1.807, 2.05) is 0 Å². The highest BCUT2D eigenvalue weighted by Crippen LogP contribution is 2.39. The van der Waals surface area contributed by atoms with Crippen molar-refractivity contribution < 1.29 is 0 Å². The van der Waals surface area contributed by atoms with Crippen LogP contribution in [-0.4, -0.2) is 0 Å². The van der Waals surface area contributed by atoms with E-state index in [4.69, 9.17) is 0 Å². The van der Waals surface area contributed by atoms with Gasteiger partial charge in [-0.25, -0.2) is 0 Å². The van der Waals surface area contributed by atoms with Crippen LogP contribution in [0.2, 0.25) is 0 Å². The molecule has 0 saturated heterocycles. The van der Waals surface area contributed by atoms with E-state index in [-0.39, 0.29) is 0 Å². The fraction of sp³-hybridized carbons (Fsp3) is 0. The lowest BCUT2D eigenvalue weighted by atomic mass is 9.89. The zero-order valence-electron chi connectivity index (χ0n) is 25.3. The molecule has 0 spiro atoms. The first-order valence-electron chi connectivity index (χ1n) is 15.9. The normalized spacial score (nSPS) is 11.5. The van der Waals surface area contributed by atoms with Gasteiger partial charge in [-0.15, -0.1) is 0 Å². The van der Waals surface area contributed by atoms with Crippen molar-refractivity contribution in [2.75, 3.05) is 0 Å². The van der Waals surface area contributed by atoms with E-state index in [2.05, 4.69) is 182 Å². The number of hydrogen-bond donors (Lipinski definition) is 0. The largest absolute Gasteiger partial charge is 0.0622 e. The molecular formula is C46H30. The first-order chi connectivity index (χ1) is 22.8. The van der Waals surface area contributed by atoms with Crippen molar-refractivity contribution in [2.45, 2.75) is 0 Å². The molecule has 0 aliphatic heterocycles. The van der Waals surface area contributed by atoms with Crippen LogP contribution in [0.5, 0.6) is 0 Å². The maximum Gasteiger partial charge on any atom is -0.00928 e. The molecule has 0 saturated carbocycles. The molecule has 0 atom stereocenters. The molecule has 214 valence electrons. The van der Waals surface area contributed by atoms with Crippen LogP contribution in [-0.2, 0) is 0 Å². The Morgan fingerprint density at radius 2 is 0.761 bits per heavy atom. The Morgan fingerprint density at radius 1 is 0.196 bits per heavy atom. The highest BCUT2D eigenvalue weighted by Gasteiger charge is 2.12. The molecule has 9 rings (SSSR count). The second-order valence-electron chi connectivity index (χ2n) is 12.2. The van der Waals surface area contributed by atoms with Crippen molar-refractivity contribution >= 4 is 43.1 Å². The summed E-state index contributed by atoms with van der Waals surface area (Å²) in [4.78, 5) is 0. The Labute approximate surface area is 268 Å². The smallest absolute Gasteiger partial charge is 0.00928 e. The summed E-state index contributed by atoms with van der Waals surface area (Å²) in [6.45, 7) is 0. The van der Waals surface area contributed by atoms with Crippen LogP contribution in [0.4, 0.5) is 0 Å². The Morgan fingerprint density at radius 3 is 1.61 bits per heavy atom. The highest BCUT2D eigenvalue weighted by molar-refractivity contribution is 6.15. The molecule has 9 aromatic rings. The molecular weight excluding hydrogens is 553 g/mol. The molecule has 0 aliphatic carbocycles. The summed E-state index contributed by atoms with van der Waals surface area (Å²) in [6.07, 6.45) is 0. The van der Waals surface area contributed by atoms with Gasteiger partial charge in [0.05, 0.1) is 0 Å². The Balaban J connectivity index is 1.17. The molecule has 9 aromatic carbocycles. The molecule has 0 bridgehead atoms. The average molecular weight is 583 g/mol. The summed E-state index contributed by atoms with van der Waals surface area (Å²) in [5.41, 5.74) is 9.91. The average Bonchev–Trinajstić information content (AvgIpc) is 3.14. The van der Waals surface area contributed by atoms with E-state index in [1.165, 1.54) is 87.6 Å². The fourth-order valence-corrected chi connectivity index (χ4v) is 7.07. The third-order valence-corrected chi connectivity index (χ3v) is 9.44. The lowest BCUT2D eigenvalue weighted by Crippen LogP contribution is -1.88. The fourth-order valence-electron chi connectivity index (χ4n) is 7.07. The molecule has 0 amide bonds. The standard InChI is InChI=1S/C46H30/c1-2-10-34(11-3-1)45-30-40-28-37(32-17-20-35(21-18-32)42-16-8-14-33-12-6-7-15-41(33)42)23-25-43(40)44-26-24-39(29-46(44)45)38-22-19-31-9-4-5-13-36(31)27-38/h1-30H. The quantitative estimate of drug-likeness (QED) is 0.181. The van der Waals surface area contributed by atoms with Crippen LogP contribution in [0.3, 0.4) is 0 Å². The lowest BCUT2D eigenvalue weighted by Gasteiger charge is -2.15. The van der Waals surface area contributed by atoms with Gasteiger partial charge in [0.1, 0.15) is 0 Å². The first kappa shape index (κ1) is 26.4. The Hall–Kier alpha value is -5.98. The number of rotatable bonds is 4. The van der Waals surface area contributed by atoms with Gasteiger partial charge in [-0.2, -0.15) is 0 Å².